The van der Waals surface area contributed by atoms with Crippen molar-refractivity contribution >= 4 is 56.7 Å². The summed E-state index contributed by atoms with van der Waals surface area (Å²) in [6, 6.07) is 3.53. The van der Waals surface area contributed by atoms with Gasteiger partial charge in [0.05, 0.1) is 15.9 Å². The predicted octanol–water partition coefficient (Wildman–Crippen LogP) is 3.44. The lowest BCUT2D eigenvalue weighted by atomic mass is 10.2. The number of H-pyrrole nitrogens is 1. The molecular weight excluding hydrogens is 336 g/mol. The quantitative estimate of drug-likeness (QED) is 0.733. The van der Waals surface area contributed by atoms with Crippen LogP contribution in [0.3, 0.4) is 0 Å². The van der Waals surface area contributed by atoms with Crippen LogP contribution in [0.5, 0.6) is 0 Å². The molecule has 1 aromatic carbocycles. The number of aromatic nitrogens is 1. The van der Waals surface area contributed by atoms with E-state index in [-0.39, 0.29) is 10.5 Å². The van der Waals surface area contributed by atoms with E-state index in [2.05, 4.69) is 27.6 Å². The van der Waals surface area contributed by atoms with Gasteiger partial charge in [-0.1, -0.05) is 23.2 Å². The van der Waals surface area contributed by atoms with Crippen LogP contribution in [-0.4, -0.2) is 4.98 Å². The monoisotopic (exact) mass is 339 g/mol. The Balaban J connectivity index is 3.09. The Kier molecular flexibility index (Phi) is 2.72. The summed E-state index contributed by atoms with van der Waals surface area (Å²) < 4.78 is 0.839. The number of rotatable bonds is 0. The normalized spacial score (nSPS) is 10.8. The summed E-state index contributed by atoms with van der Waals surface area (Å²) in [5.41, 5.74) is 0.445. The first-order valence-electron chi connectivity index (χ1n) is 3.76. The number of benzene rings is 1. The number of fused-ring (bicyclic) bond motifs is 1. The fourth-order valence-electron chi connectivity index (χ4n) is 1.24. The maximum Gasteiger partial charge on any atom is 0.209 e. The van der Waals surface area contributed by atoms with Crippen LogP contribution in [0.15, 0.2) is 23.1 Å². The number of halogens is 3. The number of aromatic amines is 1. The molecule has 72 valence electrons. The highest BCUT2D eigenvalue weighted by Gasteiger charge is 2.08. The van der Waals surface area contributed by atoms with E-state index in [0.29, 0.717) is 15.9 Å². The Morgan fingerprint density at radius 1 is 1.21 bits per heavy atom. The van der Waals surface area contributed by atoms with E-state index in [1.165, 1.54) is 6.20 Å². The van der Waals surface area contributed by atoms with Crippen LogP contribution in [0.4, 0.5) is 0 Å². The molecule has 0 radical (unpaired) electrons. The molecule has 5 heteroatoms. The van der Waals surface area contributed by atoms with Crippen LogP contribution in [-0.2, 0) is 0 Å². The van der Waals surface area contributed by atoms with E-state index >= 15 is 0 Å². The Morgan fingerprint density at radius 2 is 1.93 bits per heavy atom. The van der Waals surface area contributed by atoms with Gasteiger partial charge in [0.2, 0.25) is 5.43 Å². The van der Waals surface area contributed by atoms with Crippen molar-refractivity contribution in [3.05, 3.63) is 42.2 Å². The lowest BCUT2D eigenvalue weighted by Gasteiger charge is -2.02. The van der Waals surface area contributed by atoms with Crippen molar-refractivity contribution in [3.8, 4) is 0 Å². The van der Waals surface area contributed by atoms with Crippen molar-refractivity contribution in [2.45, 2.75) is 0 Å². The lowest BCUT2D eigenvalue weighted by molar-refractivity contribution is 1.38. The summed E-state index contributed by atoms with van der Waals surface area (Å²) in [6.07, 6.45) is 1.45. The molecule has 0 aliphatic carbocycles. The van der Waals surface area contributed by atoms with E-state index in [4.69, 9.17) is 23.2 Å². The number of hydrogen-bond donors (Lipinski definition) is 1. The number of hydrogen-bond acceptors (Lipinski definition) is 1. The van der Waals surface area contributed by atoms with E-state index < -0.39 is 0 Å². The molecule has 0 saturated carbocycles. The Morgan fingerprint density at radius 3 is 2.64 bits per heavy atom. The molecule has 14 heavy (non-hydrogen) atoms. The van der Waals surface area contributed by atoms with Gasteiger partial charge in [0.25, 0.3) is 0 Å². The third kappa shape index (κ3) is 1.53. The largest absolute Gasteiger partial charge is 0.358 e. The highest BCUT2D eigenvalue weighted by Crippen LogP contribution is 2.24. The summed E-state index contributed by atoms with van der Waals surface area (Å²) in [7, 11) is 0. The van der Waals surface area contributed by atoms with Gasteiger partial charge in [0.15, 0.2) is 0 Å². The van der Waals surface area contributed by atoms with Gasteiger partial charge < -0.3 is 4.98 Å². The van der Waals surface area contributed by atoms with Gasteiger partial charge in [-0.15, -0.1) is 0 Å². The van der Waals surface area contributed by atoms with Crippen molar-refractivity contribution in [3.63, 3.8) is 0 Å². The molecule has 1 aromatic heterocycles. The standard InChI is InChI=1S/C9H4Cl2INO/c10-4-1-2-6(12)7-8(4)13-3-5(11)9(7)14/h1-3H,(H,13,14). The highest BCUT2D eigenvalue weighted by atomic mass is 127. The summed E-state index contributed by atoms with van der Waals surface area (Å²) in [4.78, 5) is 14.6. The molecule has 2 aromatic rings. The van der Waals surface area contributed by atoms with Gasteiger partial charge in [-0.2, -0.15) is 0 Å². The molecule has 0 atom stereocenters. The molecule has 0 aliphatic heterocycles. The molecule has 2 nitrogen and oxygen atoms in total. The van der Waals surface area contributed by atoms with E-state index in [0.717, 1.165) is 3.57 Å². The minimum atomic E-state index is -0.188. The van der Waals surface area contributed by atoms with Crippen LogP contribution < -0.4 is 5.43 Å². The van der Waals surface area contributed by atoms with Gasteiger partial charge in [0.1, 0.15) is 5.02 Å². The first-order valence-corrected chi connectivity index (χ1v) is 5.59. The minimum Gasteiger partial charge on any atom is -0.358 e. The topological polar surface area (TPSA) is 32.9 Å². The fourth-order valence-corrected chi connectivity index (χ4v) is 2.29. The van der Waals surface area contributed by atoms with Crippen LogP contribution in [0.25, 0.3) is 10.9 Å². The van der Waals surface area contributed by atoms with Crippen molar-refractivity contribution in [2.24, 2.45) is 0 Å². The molecule has 2 rings (SSSR count). The first kappa shape index (κ1) is 10.3. The Hall–Kier alpha value is -0.260. The van der Waals surface area contributed by atoms with Crippen LogP contribution in [0.1, 0.15) is 0 Å². The maximum atomic E-state index is 11.7. The van der Waals surface area contributed by atoms with Crippen molar-refractivity contribution in [1.29, 1.82) is 0 Å². The predicted molar refractivity (Wildman–Crippen MR) is 67.3 cm³/mol. The highest BCUT2D eigenvalue weighted by molar-refractivity contribution is 14.1. The molecule has 0 spiro atoms. The van der Waals surface area contributed by atoms with Gasteiger partial charge in [-0.05, 0) is 34.7 Å². The lowest BCUT2D eigenvalue weighted by Crippen LogP contribution is -2.05. The molecule has 0 amide bonds. The summed E-state index contributed by atoms with van der Waals surface area (Å²) >= 11 is 13.7. The van der Waals surface area contributed by atoms with E-state index in [1.807, 2.05) is 0 Å². The SMILES string of the molecule is O=c1c(Cl)c[nH]c2c(Cl)ccc(I)c12. The van der Waals surface area contributed by atoms with Gasteiger partial charge in [0, 0.05) is 9.77 Å². The van der Waals surface area contributed by atoms with Gasteiger partial charge in [-0.25, -0.2) is 0 Å². The Labute approximate surface area is 103 Å². The molecule has 0 fully saturated rings. The summed E-state index contributed by atoms with van der Waals surface area (Å²) in [5.74, 6) is 0. The molecular formula is C9H4Cl2INO. The van der Waals surface area contributed by atoms with Gasteiger partial charge >= 0.3 is 0 Å². The molecule has 0 unspecified atom stereocenters. The van der Waals surface area contributed by atoms with Crippen molar-refractivity contribution < 1.29 is 0 Å². The number of nitrogens with one attached hydrogen (secondary N) is 1. The second-order valence-corrected chi connectivity index (χ2v) is 4.72. The molecule has 1 N–H and O–H groups in total. The van der Waals surface area contributed by atoms with E-state index in [1.54, 1.807) is 12.1 Å². The second kappa shape index (κ2) is 3.72. The Bertz CT molecular complexity index is 564. The average molecular weight is 340 g/mol. The van der Waals surface area contributed by atoms with Crippen molar-refractivity contribution in [1.82, 2.24) is 4.98 Å². The zero-order valence-electron chi connectivity index (χ0n) is 6.77. The minimum absolute atomic E-state index is 0.178. The second-order valence-electron chi connectivity index (χ2n) is 2.74. The molecule has 1 heterocycles. The number of pyridine rings is 1. The van der Waals surface area contributed by atoms with Crippen molar-refractivity contribution in [2.75, 3.05) is 0 Å². The third-order valence-corrected chi connectivity index (χ3v) is 3.39. The first-order chi connectivity index (χ1) is 6.61. The third-order valence-electron chi connectivity index (χ3n) is 1.89. The maximum absolute atomic E-state index is 11.7. The zero-order valence-corrected chi connectivity index (χ0v) is 10.4. The van der Waals surface area contributed by atoms with Crippen LogP contribution >= 0.6 is 45.8 Å². The van der Waals surface area contributed by atoms with Gasteiger partial charge in [-0.3, -0.25) is 4.79 Å². The average Bonchev–Trinajstić information content (AvgIpc) is 2.16. The van der Waals surface area contributed by atoms with Crippen LogP contribution in [0.2, 0.25) is 10.0 Å². The summed E-state index contributed by atoms with van der Waals surface area (Å²) in [6.45, 7) is 0. The summed E-state index contributed by atoms with van der Waals surface area (Å²) in [5, 5.41) is 1.25. The molecule has 0 saturated heterocycles. The fraction of sp³-hybridized carbons (Fsp3) is 0. The van der Waals surface area contributed by atoms with E-state index in [9.17, 15) is 4.79 Å². The molecule has 0 bridgehead atoms. The smallest absolute Gasteiger partial charge is 0.209 e. The zero-order chi connectivity index (χ0) is 10.3. The molecule has 0 aliphatic rings. The van der Waals surface area contributed by atoms with Crippen LogP contribution in [0, 0.1) is 3.57 Å².